The maximum atomic E-state index is 12.6. The zero-order valence-corrected chi connectivity index (χ0v) is 21.3. The fourth-order valence-electron chi connectivity index (χ4n) is 3.29. The minimum absolute atomic E-state index is 0. The predicted molar refractivity (Wildman–Crippen MR) is 128 cm³/mol. The van der Waals surface area contributed by atoms with Crippen molar-refractivity contribution >= 4 is 45.9 Å². The largest absolute Gasteiger partial charge is 0.466 e. The number of piperidine rings is 1. The predicted octanol–water partition coefficient (Wildman–Crippen LogP) is 2.30. The molecule has 170 valence electrons. The van der Waals surface area contributed by atoms with Crippen molar-refractivity contribution in [3.8, 4) is 0 Å². The molecule has 1 unspecified atom stereocenters. The number of ether oxygens (including phenoxy) is 1. The number of likely N-dealkylation sites (tertiary alicyclic amines) is 1. The standard InChI is InChI=1S/C20H32N4O4S.HI/c1-5-21-20(24-13-9-11-17(15-24)19(25)28-6-2)22-14-16-10-7-8-12-18(16)29(26,27)23(3)4;/h7-8,10,12,17H,5-6,9,11,13-15H2,1-4H3,(H,21,22);1H. The highest BCUT2D eigenvalue weighted by Crippen LogP contribution is 2.21. The SMILES string of the molecule is CCNC(=NCc1ccccc1S(=O)(=O)N(C)C)N1CCCC(C(=O)OCC)C1.I. The fraction of sp³-hybridized carbons (Fsp3) is 0.600. The summed E-state index contributed by atoms with van der Waals surface area (Å²) in [6.07, 6.45) is 1.68. The van der Waals surface area contributed by atoms with Crippen LogP contribution < -0.4 is 5.32 Å². The Morgan fingerprint density at radius 3 is 2.63 bits per heavy atom. The zero-order valence-electron chi connectivity index (χ0n) is 18.1. The Hall–Kier alpha value is -1.40. The Bertz CT molecular complexity index is 830. The normalized spacial score (nSPS) is 17.4. The molecule has 1 aliphatic rings. The van der Waals surface area contributed by atoms with E-state index in [1.807, 2.05) is 19.9 Å². The van der Waals surface area contributed by atoms with E-state index >= 15 is 0 Å². The summed E-state index contributed by atoms with van der Waals surface area (Å²) < 4.78 is 31.6. The monoisotopic (exact) mass is 552 g/mol. The summed E-state index contributed by atoms with van der Waals surface area (Å²) in [6, 6.07) is 6.90. The van der Waals surface area contributed by atoms with Crippen LogP contribution in [0.2, 0.25) is 0 Å². The summed E-state index contributed by atoms with van der Waals surface area (Å²) in [5, 5.41) is 3.26. The maximum absolute atomic E-state index is 12.6. The number of aliphatic imine (C=N–C) groups is 1. The van der Waals surface area contributed by atoms with Gasteiger partial charge in [0.2, 0.25) is 10.0 Å². The molecule has 0 saturated carbocycles. The van der Waals surface area contributed by atoms with Gasteiger partial charge in [-0.05, 0) is 38.3 Å². The number of hydrogen-bond donors (Lipinski definition) is 1. The average molecular weight is 552 g/mol. The molecule has 0 aliphatic carbocycles. The number of halogens is 1. The Kier molecular flexibility index (Phi) is 11.1. The van der Waals surface area contributed by atoms with Crippen LogP contribution in [0.4, 0.5) is 0 Å². The molecule has 0 spiro atoms. The van der Waals surface area contributed by atoms with Gasteiger partial charge in [-0.1, -0.05) is 18.2 Å². The molecule has 1 aromatic carbocycles. The quantitative estimate of drug-likeness (QED) is 0.242. The van der Waals surface area contributed by atoms with Crippen LogP contribution >= 0.6 is 24.0 Å². The first kappa shape index (κ1) is 26.6. The van der Waals surface area contributed by atoms with Gasteiger partial charge < -0.3 is 15.0 Å². The molecule has 30 heavy (non-hydrogen) atoms. The van der Waals surface area contributed by atoms with Crippen LogP contribution in [0, 0.1) is 5.92 Å². The van der Waals surface area contributed by atoms with Gasteiger partial charge in [-0.25, -0.2) is 17.7 Å². The highest BCUT2D eigenvalue weighted by Gasteiger charge is 2.28. The summed E-state index contributed by atoms with van der Waals surface area (Å²) in [5.74, 6) is 0.336. The Morgan fingerprint density at radius 1 is 1.30 bits per heavy atom. The van der Waals surface area contributed by atoms with Crippen LogP contribution in [0.5, 0.6) is 0 Å². The van der Waals surface area contributed by atoms with E-state index in [-0.39, 0.29) is 47.3 Å². The first-order valence-corrected chi connectivity index (χ1v) is 11.5. The van der Waals surface area contributed by atoms with Gasteiger partial charge in [-0.15, -0.1) is 24.0 Å². The first-order valence-electron chi connectivity index (χ1n) is 10.0. The lowest BCUT2D eigenvalue weighted by atomic mass is 9.98. The van der Waals surface area contributed by atoms with Crippen molar-refractivity contribution in [2.75, 3.05) is 40.3 Å². The van der Waals surface area contributed by atoms with E-state index in [2.05, 4.69) is 15.2 Å². The van der Waals surface area contributed by atoms with Crippen LogP contribution in [-0.4, -0.2) is 69.9 Å². The number of guanidine groups is 1. The van der Waals surface area contributed by atoms with Crippen LogP contribution in [-0.2, 0) is 26.1 Å². The minimum atomic E-state index is -3.55. The molecule has 10 heteroatoms. The number of nitrogens with zero attached hydrogens (tertiary/aromatic N) is 3. The second-order valence-corrected chi connectivity index (χ2v) is 9.22. The smallest absolute Gasteiger partial charge is 0.310 e. The molecule has 1 saturated heterocycles. The highest BCUT2D eigenvalue weighted by atomic mass is 127. The third kappa shape index (κ3) is 6.81. The van der Waals surface area contributed by atoms with Gasteiger partial charge in [0.15, 0.2) is 5.96 Å². The van der Waals surface area contributed by atoms with Crippen LogP contribution in [0.1, 0.15) is 32.3 Å². The lowest BCUT2D eigenvalue weighted by molar-refractivity contribution is -0.149. The third-order valence-electron chi connectivity index (χ3n) is 4.81. The second kappa shape index (κ2) is 12.5. The number of rotatable bonds is 7. The molecule has 0 bridgehead atoms. The summed E-state index contributed by atoms with van der Waals surface area (Å²) in [6.45, 7) is 6.40. The summed E-state index contributed by atoms with van der Waals surface area (Å²) in [5.41, 5.74) is 0.635. The summed E-state index contributed by atoms with van der Waals surface area (Å²) >= 11 is 0. The number of carbonyl (C=O) groups excluding carboxylic acids is 1. The maximum Gasteiger partial charge on any atom is 0.310 e. The number of benzene rings is 1. The van der Waals surface area contributed by atoms with Crippen molar-refractivity contribution in [1.82, 2.24) is 14.5 Å². The van der Waals surface area contributed by atoms with E-state index in [1.165, 1.54) is 18.4 Å². The molecule has 0 radical (unpaired) electrons. The molecule has 1 atom stereocenters. The van der Waals surface area contributed by atoms with Gasteiger partial charge in [-0.2, -0.15) is 0 Å². The topological polar surface area (TPSA) is 91.3 Å². The Morgan fingerprint density at radius 2 is 2.00 bits per heavy atom. The van der Waals surface area contributed by atoms with Crippen LogP contribution in [0.3, 0.4) is 0 Å². The van der Waals surface area contributed by atoms with Crippen molar-refractivity contribution in [2.24, 2.45) is 10.9 Å². The van der Waals surface area contributed by atoms with E-state index < -0.39 is 10.0 Å². The van der Waals surface area contributed by atoms with Crippen molar-refractivity contribution in [2.45, 2.75) is 38.1 Å². The van der Waals surface area contributed by atoms with Gasteiger partial charge in [-0.3, -0.25) is 4.79 Å². The molecule has 2 rings (SSSR count). The van der Waals surface area contributed by atoms with E-state index in [0.717, 1.165) is 19.4 Å². The van der Waals surface area contributed by atoms with E-state index in [9.17, 15) is 13.2 Å². The number of nitrogens with one attached hydrogen (secondary N) is 1. The van der Waals surface area contributed by atoms with Crippen LogP contribution in [0.15, 0.2) is 34.2 Å². The van der Waals surface area contributed by atoms with Gasteiger partial charge in [0, 0.05) is 33.7 Å². The molecule has 1 fully saturated rings. The van der Waals surface area contributed by atoms with Crippen molar-refractivity contribution in [1.29, 1.82) is 0 Å². The highest BCUT2D eigenvalue weighted by molar-refractivity contribution is 14.0. The van der Waals surface area contributed by atoms with Gasteiger partial charge in [0.25, 0.3) is 0 Å². The first-order chi connectivity index (χ1) is 13.8. The number of carbonyl (C=O) groups is 1. The Labute approximate surface area is 197 Å². The molecule has 1 aliphatic heterocycles. The zero-order chi connectivity index (χ0) is 21.4. The lowest BCUT2D eigenvalue weighted by Gasteiger charge is -2.34. The fourth-order valence-corrected chi connectivity index (χ4v) is 4.40. The van der Waals surface area contributed by atoms with Gasteiger partial charge >= 0.3 is 5.97 Å². The third-order valence-corrected chi connectivity index (χ3v) is 6.72. The number of esters is 1. The van der Waals surface area contributed by atoms with Crippen molar-refractivity contribution in [3.63, 3.8) is 0 Å². The number of hydrogen-bond acceptors (Lipinski definition) is 5. The molecule has 0 aromatic heterocycles. The number of sulfonamides is 1. The molecule has 8 nitrogen and oxygen atoms in total. The summed E-state index contributed by atoms with van der Waals surface area (Å²) in [7, 11) is -0.517. The van der Waals surface area contributed by atoms with Crippen LogP contribution in [0.25, 0.3) is 0 Å². The van der Waals surface area contributed by atoms with Gasteiger partial charge in [0.05, 0.1) is 24.0 Å². The van der Waals surface area contributed by atoms with Crippen molar-refractivity contribution < 1.29 is 17.9 Å². The molecule has 1 aromatic rings. The Balaban J connectivity index is 0.00000450. The molecule has 1 N–H and O–H groups in total. The van der Waals surface area contributed by atoms with E-state index in [1.54, 1.807) is 18.2 Å². The van der Waals surface area contributed by atoms with E-state index in [4.69, 9.17) is 4.74 Å². The average Bonchev–Trinajstić information content (AvgIpc) is 2.71. The molecule has 0 amide bonds. The lowest BCUT2D eigenvalue weighted by Crippen LogP contribution is -2.48. The summed E-state index contributed by atoms with van der Waals surface area (Å²) in [4.78, 5) is 19.1. The van der Waals surface area contributed by atoms with Gasteiger partial charge in [0.1, 0.15) is 0 Å². The van der Waals surface area contributed by atoms with E-state index in [0.29, 0.717) is 31.2 Å². The molecule has 1 heterocycles. The molecular formula is C20H33IN4O4S. The second-order valence-electron chi connectivity index (χ2n) is 7.10. The van der Waals surface area contributed by atoms with Crippen molar-refractivity contribution in [3.05, 3.63) is 29.8 Å². The minimum Gasteiger partial charge on any atom is -0.466 e. The molecular weight excluding hydrogens is 519 g/mol.